The van der Waals surface area contributed by atoms with Gasteiger partial charge in [-0.05, 0) is 18.2 Å². The highest BCUT2D eigenvalue weighted by Crippen LogP contribution is 2.33. The molecule has 0 atom stereocenters. The third-order valence-corrected chi connectivity index (χ3v) is 4.64. The molecule has 21 heavy (non-hydrogen) atoms. The topological polar surface area (TPSA) is 61.4 Å². The maximum atomic E-state index is 12.7. The summed E-state index contributed by atoms with van der Waals surface area (Å²) in [5.74, 6) is 0. The number of hydrogen-bond donors (Lipinski definition) is 2. The Hall–Kier alpha value is -1.03. The quantitative estimate of drug-likeness (QED) is 0.881. The van der Waals surface area contributed by atoms with Crippen molar-refractivity contribution in [2.24, 2.45) is 0 Å². The van der Waals surface area contributed by atoms with Crippen molar-refractivity contribution in [1.29, 1.82) is 0 Å². The van der Waals surface area contributed by atoms with Crippen molar-refractivity contribution in [2.75, 3.05) is 30.9 Å². The molecule has 1 heterocycles. The fraction of sp³-hybridized carbons (Fsp3) is 0.455. The number of nitrogens with one attached hydrogen (secondary N) is 2. The molecule has 0 unspecified atom stereocenters. The van der Waals surface area contributed by atoms with Gasteiger partial charge in [0.25, 0.3) is 0 Å². The Morgan fingerprint density at radius 2 is 1.81 bits per heavy atom. The average Bonchev–Trinajstić information content (AvgIpc) is 2.37. The first-order valence-electron chi connectivity index (χ1n) is 6.05. The van der Waals surface area contributed by atoms with Gasteiger partial charge in [-0.2, -0.15) is 25.9 Å². The summed E-state index contributed by atoms with van der Waals surface area (Å²) in [6.07, 6.45) is -4.60. The molecule has 2 N–H and O–H groups in total. The summed E-state index contributed by atoms with van der Waals surface area (Å²) in [6, 6.07) is 2.59. The molecule has 0 radical (unpaired) electrons. The van der Waals surface area contributed by atoms with Gasteiger partial charge in [-0.3, -0.25) is 4.72 Å². The highest BCUT2D eigenvalue weighted by molar-refractivity contribution is 7.90. The molecule has 10 heteroatoms. The molecule has 1 aromatic rings. The molecule has 1 saturated heterocycles. The van der Waals surface area contributed by atoms with Gasteiger partial charge < -0.3 is 5.32 Å². The first-order chi connectivity index (χ1) is 9.68. The zero-order chi connectivity index (χ0) is 15.7. The van der Waals surface area contributed by atoms with Crippen LogP contribution in [0.2, 0.25) is 5.02 Å². The van der Waals surface area contributed by atoms with E-state index in [1.54, 1.807) is 0 Å². The fourth-order valence-electron chi connectivity index (χ4n) is 1.91. The molecule has 0 bridgehead atoms. The molecule has 0 amide bonds. The van der Waals surface area contributed by atoms with E-state index in [0.717, 1.165) is 16.4 Å². The molecule has 118 valence electrons. The molecule has 1 aromatic carbocycles. The van der Waals surface area contributed by atoms with Crippen LogP contribution in [0.25, 0.3) is 0 Å². The lowest BCUT2D eigenvalue weighted by molar-refractivity contribution is -0.137. The van der Waals surface area contributed by atoms with Crippen LogP contribution in [-0.4, -0.2) is 38.9 Å². The summed E-state index contributed by atoms with van der Waals surface area (Å²) in [5, 5.41) is 2.79. The van der Waals surface area contributed by atoms with Crippen LogP contribution in [0.3, 0.4) is 0 Å². The zero-order valence-corrected chi connectivity index (χ0v) is 12.3. The van der Waals surface area contributed by atoms with Crippen molar-refractivity contribution in [3.05, 3.63) is 28.8 Å². The number of anilines is 1. The Kier molecular flexibility index (Phi) is 4.66. The van der Waals surface area contributed by atoms with Crippen LogP contribution in [0.15, 0.2) is 18.2 Å². The SMILES string of the molecule is O=S(=O)(Nc1cc(Cl)cc(C(F)(F)F)c1)N1CCNCC1. The van der Waals surface area contributed by atoms with Gasteiger partial charge in [0.1, 0.15) is 0 Å². The van der Waals surface area contributed by atoms with Gasteiger partial charge in [-0.25, -0.2) is 0 Å². The summed E-state index contributed by atoms with van der Waals surface area (Å²) >= 11 is 5.61. The summed E-state index contributed by atoms with van der Waals surface area (Å²) in [6.45, 7) is 1.48. The first kappa shape index (κ1) is 16.3. The average molecular weight is 344 g/mol. The summed E-state index contributed by atoms with van der Waals surface area (Å²) < 4.78 is 65.5. The predicted molar refractivity (Wildman–Crippen MR) is 73.4 cm³/mol. The zero-order valence-electron chi connectivity index (χ0n) is 10.7. The van der Waals surface area contributed by atoms with Crippen molar-refractivity contribution in [3.63, 3.8) is 0 Å². The number of rotatable bonds is 3. The lowest BCUT2D eigenvalue weighted by Gasteiger charge is -2.27. The van der Waals surface area contributed by atoms with Crippen LogP contribution in [0.4, 0.5) is 18.9 Å². The molecule has 2 rings (SSSR count). The van der Waals surface area contributed by atoms with E-state index in [4.69, 9.17) is 11.6 Å². The normalized spacial score (nSPS) is 17.7. The second-order valence-electron chi connectivity index (χ2n) is 4.48. The standard InChI is InChI=1S/C11H13ClF3N3O2S/c12-9-5-8(11(13,14)15)6-10(7-9)17-21(19,20)18-3-1-16-2-4-18/h5-7,16-17H,1-4H2. The molecule has 1 fully saturated rings. The highest BCUT2D eigenvalue weighted by atomic mass is 35.5. The van der Waals surface area contributed by atoms with Crippen LogP contribution in [-0.2, 0) is 16.4 Å². The van der Waals surface area contributed by atoms with Gasteiger partial charge in [0.15, 0.2) is 0 Å². The van der Waals surface area contributed by atoms with Crippen LogP contribution >= 0.6 is 11.6 Å². The van der Waals surface area contributed by atoms with Crippen molar-refractivity contribution >= 4 is 27.5 Å². The Morgan fingerprint density at radius 1 is 1.19 bits per heavy atom. The van der Waals surface area contributed by atoms with Crippen molar-refractivity contribution in [1.82, 2.24) is 9.62 Å². The highest BCUT2D eigenvalue weighted by Gasteiger charge is 2.32. The van der Waals surface area contributed by atoms with E-state index in [1.165, 1.54) is 0 Å². The molecule has 0 aliphatic carbocycles. The van der Waals surface area contributed by atoms with Gasteiger partial charge in [0.2, 0.25) is 0 Å². The van der Waals surface area contributed by atoms with E-state index in [1.807, 2.05) is 0 Å². The number of benzene rings is 1. The molecule has 0 saturated carbocycles. The lowest BCUT2D eigenvalue weighted by atomic mass is 10.2. The van der Waals surface area contributed by atoms with Crippen LogP contribution in [0.5, 0.6) is 0 Å². The van der Waals surface area contributed by atoms with Gasteiger partial charge in [-0.15, -0.1) is 0 Å². The molecular weight excluding hydrogens is 331 g/mol. The van der Waals surface area contributed by atoms with Crippen molar-refractivity contribution in [3.8, 4) is 0 Å². The van der Waals surface area contributed by atoms with Crippen molar-refractivity contribution in [2.45, 2.75) is 6.18 Å². The van der Waals surface area contributed by atoms with Crippen LogP contribution in [0, 0.1) is 0 Å². The molecule has 0 aromatic heterocycles. The fourth-order valence-corrected chi connectivity index (χ4v) is 3.35. The first-order valence-corrected chi connectivity index (χ1v) is 7.87. The minimum atomic E-state index is -4.60. The van der Waals surface area contributed by atoms with Gasteiger partial charge in [-0.1, -0.05) is 11.6 Å². The summed E-state index contributed by atoms with van der Waals surface area (Å²) in [7, 11) is -3.90. The minimum absolute atomic E-state index is 0.192. The third-order valence-electron chi connectivity index (χ3n) is 2.89. The van der Waals surface area contributed by atoms with E-state index in [-0.39, 0.29) is 23.8 Å². The van der Waals surface area contributed by atoms with Gasteiger partial charge >= 0.3 is 16.4 Å². The van der Waals surface area contributed by atoms with Crippen LogP contribution in [0.1, 0.15) is 5.56 Å². The van der Waals surface area contributed by atoms with E-state index in [9.17, 15) is 21.6 Å². The summed E-state index contributed by atoms with van der Waals surface area (Å²) in [4.78, 5) is 0. The molecule has 1 aliphatic heterocycles. The van der Waals surface area contributed by atoms with E-state index < -0.39 is 21.9 Å². The molecule has 1 aliphatic rings. The van der Waals surface area contributed by atoms with E-state index in [2.05, 4.69) is 10.0 Å². The van der Waals surface area contributed by atoms with Gasteiger partial charge in [0.05, 0.1) is 11.3 Å². The number of hydrogen-bond acceptors (Lipinski definition) is 3. The Labute approximate surface area is 125 Å². The lowest BCUT2D eigenvalue weighted by Crippen LogP contribution is -2.48. The van der Waals surface area contributed by atoms with E-state index >= 15 is 0 Å². The Balaban J connectivity index is 2.24. The monoisotopic (exact) mass is 343 g/mol. The largest absolute Gasteiger partial charge is 0.416 e. The van der Waals surface area contributed by atoms with Gasteiger partial charge in [0, 0.05) is 31.2 Å². The number of alkyl halides is 3. The molecular formula is C11H13ClF3N3O2S. The molecule has 0 spiro atoms. The second kappa shape index (κ2) is 5.99. The molecule has 5 nitrogen and oxygen atoms in total. The number of nitrogens with zero attached hydrogens (tertiary/aromatic N) is 1. The Morgan fingerprint density at radius 3 is 2.38 bits per heavy atom. The number of piperazine rings is 1. The van der Waals surface area contributed by atoms with Crippen LogP contribution < -0.4 is 10.0 Å². The Bertz CT molecular complexity index is 616. The maximum Gasteiger partial charge on any atom is 0.416 e. The second-order valence-corrected chi connectivity index (χ2v) is 6.59. The van der Waals surface area contributed by atoms with Crippen molar-refractivity contribution < 1.29 is 21.6 Å². The third kappa shape index (κ3) is 4.22. The van der Waals surface area contributed by atoms with E-state index in [0.29, 0.717) is 19.2 Å². The number of halogens is 4. The summed E-state index contributed by atoms with van der Waals surface area (Å²) in [5.41, 5.74) is -1.22. The predicted octanol–water partition coefficient (Wildman–Crippen LogP) is 1.92. The smallest absolute Gasteiger partial charge is 0.314 e. The minimum Gasteiger partial charge on any atom is -0.314 e. The maximum absolute atomic E-state index is 12.7.